The van der Waals surface area contributed by atoms with Gasteiger partial charge in [-0.05, 0) is 31.2 Å². The van der Waals surface area contributed by atoms with Crippen molar-refractivity contribution in [1.82, 2.24) is 5.32 Å². The van der Waals surface area contributed by atoms with E-state index in [1.807, 2.05) is 19.1 Å². The lowest BCUT2D eigenvalue weighted by atomic mass is 10.1. The van der Waals surface area contributed by atoms with E-state index in [4.69, 9.17) is 9.47 Å². The summed E-state index contributed by atoms with van der Waals surface area (Å²) < 4.78 is 10.9. The monoisotopic (exact) mass is 359 g/mol. The molecular weight excluding hydrogens is 338 g/mol. The fourth-order valence-electron chi connectivity index (χ4n) is 2.35. The highest BCUT2D eigenvalue weighted by Gasteiger charge is 2.19. The number of nitrogens with one attached hydrogen (secondary N) is 2. The number of carbonyl (C=O) groups is 1. The Kier molecular flexibility index (Phi) is 6.37. The maximum Gasteiger partial charge on any atom is 0.293 e. The second-order valence-corrected chi connectivity index (χ2v) is 5.58. The Balaban J connectivity index is 2.09. The lowest BCUT2D eigenvalue weighted by Gasteiger charge is -2.17. The van der Waals surface area contributed by atoms with Crippen LogP contribution in [0.5, 0.6) is 11.5 Å². The third-order valence-corrected chi connectivity index (χ3v) is 3.64. The Bertz CT molecular complexity index is 794. The molecule has 0 unspecified atom stereocenters. The SMILES string of the molecule is CNC(=O)c1ccc(N[C@@H](C)COc2ccccc2OC)c([N+](=O)[O-])c1. The summed E-state index contributed by atoms with van der Waals surface area (Å²) in [5, 5.41) is 16.8. The van der Waals surface area contributed by atoms with Crippen molar-refractivity contribution in [2.75, 3.05) is 26.1 Å². The van der Waals surface area contributed by atoms with Gasteiger partial charge >= 0.3 is 0 Å². The number of nitrogens with zero attached hydrogens (tertiary/aromatic N) is 1. The van der Waals surface area contributed by atoms with Crippen molar-refractivity contribution >= 4 is 17.3 Å². The van der Waals surface area contributed by atoms with Crippen molar-refractivity contribution in [2.45, 2.75) is 13.0 Å². The van der Waals surface area contributed by atoms with Crippen molar-refractivity contribution in [3.8, 4) is 11.5 Å². The Morgan fingerprint density at radius 3 is 2.54 bits per heavy atom. The minimum absolute atomic E-state index is 0.171. The number of hydrogen-bond donors (Lipinski definition) is 2. The zero-order chi connectivity index (χ0) is 19.1. The van der Waals surface area contributed by atoms with Gasteiger partial charge in [0.1, 0.15) is 12.3 Å². The van der Waals surface area contributed by atoms with Crippen LogP contribution in [0.25, 0.3) is 0 Å². The van der Waals surface area contributed by atoms with E-state index in [1.165, 1.54) is 25.2 Å². The molecular formula is C18H21N3O5. The lowest BCUT2D eigenvalue weighted by Crippen LogP contribution is -2.24. The molecule has 0 spiro atoms. The number of ether oxygens (including phenoxy) is 2. The second-order valence-electron chi connectivity index (χ2n) is 5.58. The predicted octanol–water partition coefficient (Wildman–Crippen LogP) is 2.84. The fraction of sp³-hybridized carbons (Fsp3) is 0.278. The maximum atomic E-state index is 11.7. The number of amides is 1. The Morgan fingerprint density at radius 1 is 1.23 bits per heavy atom. The fourth-order valence-corrected chi connectivity index (χ4v) is 2.35. The first-order chi connectivity index (χ1) is 12.5. The number of benzene rings is 2. The first-order valence-corrected chi connectivity index (χ1v) is 7.99. The van der Waals surface area contributed by atoms with Crippen molar-refractivity contribution < 1.29 is 19.2 Å². The van der Waals surface area contributed by atoms with E-state index < -0.39 is 4.92 Å². The highest BCUT2D eigenvalue weighted by atomic mass is 16.6. The molecule has 0 saturated carbocycles. The summed E-state index contributed by atoms with van der Waals surface area (Å²) in [5.74, 6) is 0.820. The van der Waals surface area contributed by atoms with Gasteiger partial charge in [-0.25, -0.2) is 0 Å². The summed E-state index contributed by atoms with van der Waals surface area (Å²) >= 11 is 0. The summed E-state index contributed by atoms with van der Waals surface area (Å²) in [6, 6.07) is 11.3. The molecule has 2 aromatic rings. The van der Waals surface area contributed by atoms with Crippen LogP contribution in [0.3, 0.4) is 0 Å². The van der Waals surface area contributed by atoms with Gasteiger partial charge in [0.2, 0.25) is 0 Å². The van der Waals surface area contributed by atoms with Crippen LogP contribution in [0.15, 0.2) is 42.5 Å². The molecule has 26 heavy (non-hydrogen) atoms. The van der Waals surface area contributed by atoms with Gasteiger partial charge in [0, 0.05) is 18.7 Å². The summed E-state index contributed by atoms with van der Waals surface area (Å²) in [4.78, 5) is 22.4. The molecule has 2 rings (SSSR count). The molecule has 8 heteroatoms. The molecule has 138 valence electrons. The molecule has 0 bridgehead atoms. The molecule has 0 radical (unpaired) electrons. The topological polar surface area (TPSA) is 103 Å². The molecule has 0 aliphatic heterocycles. The molecule has 0 aliphatic rings. The molecule has 0 aliphatic carbocycles. The number of rotatable bonds is 8. The van der Waals surface area contributed by atoms with E-state index in [9.17, 15) is 14.9 Å². The highest BCUT2D eigenvalue weighted by Crippen LogP contribution is 2.28. The molecule has 1 atom stereocenters. The molecule has 8 nitrogen and oxygen atoms in total. The van der Waals surface area contributed by atoms with Crippen molar-refractivity contribution in [3.63, 3.8) is 0 Å². The Labute approximate surface area is 151 Å². The van der Waals surface area contributed by atoms with E-state index in [0.717, 1.165) is 0 Å². The first kappa shape index (κ1) is 19.0. The number of hydrogen-bond acceptors (Lipinski definition) is 6. The van der Waals surface area contributed by atoms with Crippen LogP contribution in [-0.2, 0) is 0 Å². The number of methoxy groups -OCH3 is 1. The van der Waals surface area contributed by atoms with E-state index >= 15 is 0 Å². The number of anilines is 1. The number of nitro groups is 1. The molecule has 1 amide bonds. The largest absolute Gasteiger partial charge is 0.493 e. The minimum Gasteiger partial charge on any atom is -0.493 e. The summed E-state index contributed by atoms with van der Waals surface area (Å²) in [7, 11) is 3.03. The minimum atomic E-state index is -0.525. The molecule has 0 aromatic heterocycles. The van der Waals surface area contributed by atoms with Gasteiger partial charge in [-0.2, -0.15) is 0 Å². The average molecular weight is 359 g/mol. The van der Waals surface area contributed by atoms with Crippen LogP contribution in [0.4, 0.5) is 11.4 Å². The Morgan fingerprint density at radius 2 is 1.92 bits per heavy atom. The molecule has 0 saturated heterocycles. The zero-order valence-electron chi connectivity index (χ0n) is 14.8. The van der Waals surface area contributed by atoms with E-state index in [2.05, 4.69) is 10.6 Å². The van der Waals surface area contributed by atoms with E-state index in [1.54, 1.807) is 19.2 Å². The van der Waals surface area contributed by atoms with Gasteiger partial charge in [0.05, 0.1) is 18.1 Å². The van der Waals surface area contributed by atoms with Crippen LogP contribution in [0.1, 0.15) is 17.3 Å². The second kappa shape index (κ2) is 8.70. The molecule has 2 N–H and O–H groups in total. The third-order valence-electron chi connectivity index (χ3n) is 3.64. The van der Waals surface area contributed by atoms with Crippen LogP contribution < -0.4 is 20.1 Å². The van der Waals surface area contributed by atoms with Gasteiger partial charge in [0.25, 0.3) is 11.6 Å². The maximum absolute atomic E-state index is 11.7. The van der Waals surface area contributed by atoms with Gasteiger partial charge in [0.15, 0.2) is 11.5 Å². The summed E-state index contributed by atoms with van der Waals surface area (Å²) in [6.07, 6.45) is 0. The number of carbonyl (C=O) groups excluding carboxylic acids is 1. The molecule has 0 heterocycles. The quantitative estimate of drug-likeness (QED) is 0.555. The Hall–Kier alpha value is -3.29. The standard InChI is InChI=1S/C18H21N3O5/c1-12(11-26-17-7-5-4-6-16(17)25-3)20-14-9-8-13(18(22)19-2)10-15(14)21(23)24/h4-10,12,20H,11H2,1-3H3,(H,19,22)/t12-/m0/s1. The van der Waals surface area contributed by atoms with Gasteiger partial charge in [-0.15, -0.1) is 0 Å². The van der Waals surface area contributed by atoms with Crippen LogP contribution >= 0.6 is 0 Å². The highest BCUT2D eigenvalue weighted by molar-refractivity contribution is 5.95. The van der Waals surface area contributed by atoms with Crippen LogP contribution in [-0.4, -0.2) is 37.6 Å². The molecule has 2 aromatic carbocycles. The van der Waals surface area contributed by atoms with Crippen molar-refractivity contribution in [1.29, 1.82) is 0 Å². The predicted molar refractivity (Wildman–Crippen MR) is 98.1 cm³/mol. The zero-order valence-corrected chi connectivity index (χ0v) is 14.8. The van der Waals surface area contributed by atoms with Gasteiger partial charge < -0.3 is 20.1 Å². The number of nitro benzene ring substituents is 1. The van der Waals surface area contributed by atoms with Gasteiger partial charge in [-0.1, -0.05) is 12.1 Å². The van der Waals surface area contributed by atoms with E-state index in [0.29, 0.717) is 17.2 Å². The van der Waals surface area contributed by atoms with Crippen molar-refractivity contribution in [2.24, 2.45) is 0 Å². The van der Waals surface area contributed by atoms with Crippen LogP contribution in [0, 0.1) is 10.1 Å². The first-order valence-electron chi connectivity index (χ1n) is 7.99. The smallest absolute Gasteiger partial charge is 0.293 e. The van der Waals surface area contributed by atoms with Gasteiger partial charge in [-0.3, -0.25) is 14.9 Å². The third kappa shape index (κ3) is 4.62. The average Bonchev–Trinajstić information content (AvgIpc) is 2.66. The summed E-state index contributed by atoms with van der Waals surface area (Å²) in [5.41, 5.74) is 0.372. The van der Waals surface area contributed by atoms with E-state index in [-0.39, 0.29) is 29.8 Å². The summed E-state index contributed by atoms with van der Waals surface area (Å²) in [6.45, 7) is 2.11. The van der Waals surface area contributed by atoms with Crippen molar-refractivity contribution in [3.05, 3.63) is 58.1 Å². The number of para-hydroxylation sites is 2. The lowest BCUT2D eigenvalue weighted by molar-refractivity contribution is -0.384. The molecule has 0 fully saturated rings. The normalized spacial score (nSPS) is 11.3. The van der Waals surface area contributed by atoms with Crippen LogP contribution in [0.2, 0.25) is 0 Å².